The van der Waals surface area contributed by atoms with Crippen molar-refractivity contribution in [1.82, 2.24) is 15.2 Å². The van der Waals surface area contributed by atoms with Gasteiger partial charge in [0, 0.05) is 37.6 Å². The first-order chi connectivity index (χ1) is 10.6. The summed E-state index contributed by atoms with van der Waals surface area (Å²) in [7, 11) is 0. The van der Waals surface area contributed by atoms with E-state index in [2.05, 4.69) is 10.3 Å². The molecule has 3 rings (SSSR count). The fraction of sp³-hybridized carbons (Fsp3) is 0.667. The summed E-state index contributed by atoms with van der Waals surface area (Å²) in [6.07, 6.45) is 6.06. The number of carbonyl (C=O) groups excluding carboxylic acids is 1. The summed E-state index contributed by atoms with van der Waals surface area (Å²) >= 11 is 1.62. The van der Waals surface area contributed by atoms with Gasteiger partial charge in [-0.15, -0.1) is 11.3 Å². The van der Waals surface area contributed by atoms with E-state index in [1.165, 1.54) is 0 Å². The highest BCUT2D eigenvalue weighted by atomic mass is 32.1. The average molecular weight is 323 g/mol. The molecular weight excluding hydrogens is 302 g/mol. The van der Waals surface area contributed by atoms with Crippen molar-refractivity contribution in [3.63, 3.8) is 0 Å². The molecule has 2 atom stereocenters. The molecule has 1 aliphatic carbocycles. The van der Waals surface area contributed by atoms with Gasteiger partial charge in [-0.05, 0) is 25.2 Å². The Balaban J connectivity index is 1.46. The van der Waals surface area contributed by atoms with Gasteiger partial charge in [0.15, 0.2) is 0 Å². The van der Waals surface area contributed by atoms with E-state index in [4.69, 9.17) is 0 Å². The van der Waals surface area contributed by atoms with E-state index < -0.39 is 11.4 Å². The van der Waals surface area contributed by atoms with Crippen LogP contribution in [-0.2, 0) is 11.2 Å². The van der Waals surface area contributed by atoms with Crippen LogP contribution in [0.1, 0.15) is 30.7 Å². The maximum atomic E-state index is 12.2. The number of fused-ring (bicyclic) bond motifs is 1. The van der Waals surface area contributed by atoms with E-state index in [1.807, 2.05) is 5.38 Å². The summed E-state index contributed by atoms with van der Waals surface area (Å²) in [5, 5.41) is 15.5. The monoisotopic (exact) mass is 323 g/mol. The van der Waals surface area contributed by atoms with Gasteiger partial charge in [0.1, 0.15) is 0 Å². The van der Waals surface area contributed by atoms with Crippen LogP contribution in [0.25, 0.3) is 0 Å². The van der Waals surface area contributed by atoms with E-state index in [9.17, 15) is 14.7 Å². The quantitative estimate of drug-likeness (QED) is 0.812. The van der Waals surface area contributed by atoms with Crippen LogP contribution >= 0.6 is 11.3 Å². The molecule has 22 heavy (non-hydrogen) atoms. The summed E-state index contributed by atoms with van der Waals surface area (Å²) in [4.78, 5) is 29.7. The van der Waals surface area contributed by atoms with Gasteiger partial charge in [0.2, 0.25) is 0 Å². The third-order valence-corrected chi connectivity index (χ3v) is 5.75. The first-order valence-electron chi connectivity index (χ1n) is 7.76. The lowest BCUT2D eigenvalue weighted by Crippen LogP contribution is -2.42. The fourth-order valence-electron chi connectivity index (χ4n) is 3.72. The molecule has 2 N–H and O–H groups in total. The molecule has 6 nitrogen and oxygen atoms in total. The minimum absolute atomic E-state index is 0.117. The second-order valence-electron chi connectivity index (χ2n) is 6.19. The van der Waals surface area contributed by atoms with Gasteiger partial charge in [-0.25, -0.2) is 9.78 Å². The molecule has 1 saturated carbocycles. The number of aromatic nitrogens is 1. The van der Waals surface area contributed by atoms with E-state index in [-0.39, 0.29) is 11.9 Å². The molecule has 1 aliphatic heterocycles. The highest BCUT2D eigenvalue weighted by Crippen LogP contribution is 2.48. The van der Waals surface area contributed by atoms with Crippen LogP contribution < -0.4 is 5.32 Å². The fourth-order valence-corrected chi connectivity index (χ4v) is 4.38. The SMILES string of the molecule is O=C(NCCCc1nccs1)N1C[C@@H]2CCC[C@@]2(C(=O)O)C1. The number of aryl methyl sites for hydroxylation is 1. The van der Waals surface area contributed by atoms with Gasteiger partial charge >= 0.3 is 12.0 Å². The highest BCUT2D eigenvalue weighted by molar-refractivity contribution is 7.09. The van der Waals surface area contributed by atoms with Crippen LogP contribution in [0.15, 0.2) is 11.6 Å². The molecule has 2 amide bonds. The third kappa shape index (κ3) is 2.82. The molecular formula is C15H21N3O3S. The average Bonchev–Trinajstić information content (AvgIpc) is 3.17. The number of nitrogens with one attached hydrogen (secondary N) is 1. The maximum Gasteiger partial charge on any atom is 0.317 e. The Bertz CT molecular complexity index is 548. The topological polar surface area (TPSA) is 82.5 Å². The Kier molecular flexibility index (Phi) is 4.33. The Morgan fingerprint density at radius 3 is 3.09 bits per heavy atom. The second-order valence-corrected chi connectivity index (χ2v) is 7.17. The summed E-state index contributed by atoms with van der Waals surface area (Å²) in [5.41, 5.74) is -0.696. The molecule has 1 aromatic rings. The Labute approximate surface area is 133 Å². The number of carbonyl (C=O) groups is 2. The molecule has 120 valence electrons. The van der Waals surface area contributed by atoms with Crippen LogP contribution in [0.4, 0.5) is 4.79 Å². The van der Waals surface area contributed by atoms with Crippen LogP contribution in [0.2, 0.25) is 0 Å². The zero-order chi connectivity index (χ0) is 15.6. The van der Waals surface area contributed by atoms with Crippen LogP contribution in [-0.4, -0.2) is 46.6 Å². The lowest BCUT2D eigenvalue weighted by molar-refractivity contribution is -0.149. The number of nitrogens with zero attached hydrogens (tertiary/aromatic N) is 2. The first-order valence-corrected chi connectivity index (χ1v) is 8.64. The number of hydrogen-bond donors (Lipinski definition) is 2. The summed E-state index contributed by atoms with van der Waals surface area (Å²) in [5.74, 6) is -0.625. The molecule has 2 heterocycles. The number of hydrogen-bond acceptors (Lipinski definition) is 4. The Morgan fingerprint density at radius 2 is 2.41 bits per heavy atom. The summed E-state index contributed by atoms with van der Waals surface area (Å²) < 4.78 is 0. The molecule has 2 fully saturated rings. The summed E-state index contributed by atoms with van der Waals surface area (Å²) in [6.45, 7) is 1.52. The van der Waals surface area contributed by atoms with Gasteiger partial charge in [-0.1, -0.05) is 6.42 Å². The molecule has 0 radical (unpaired) electrons. The van der Waals surface area contributed by atoms with Crippen molar-refractivity contribution in [2.45, 2.75) is 32.1 Å². The van der Waals surface area contributed by atoms with Gasteiger partial charge < -0.3 is 15.3 Å². The minimum atomic E-state index is -0.742. The molecule has 0 bridgehead atoms. The third-order valence-electron chi connectivity index (χ3n) is 4.91. The maximum absolute atomic E-state index is 12.2. The zero-order valence-electron chi connectivity index (χ0n) is 12.5. The number of carboxylic acid groups (broad SMARTS) is 1. The number of aliphatic carboxylic acids is 1. The predicted molar refractivity (Wildman–Crippen MR) is 82.8 cm³/mol. The van der Waals surface area contributed by atoms with Crippen molar-refractivity contribution >= 4 is 23.3 Å². The van der Waals surface area contributed by atoms with Crippen molar-refractivity contribution in [3.8, 4) is 0 Å². The minimum Gasteiger partial charge on any atom is -0.481 e. The van der Waals surface area contributed by atoms with Crippen molar-refractivity contribution in [2.75, 3.05) is 19.6 Å². The van der Waals surface area contributed by atoms with Crippen molar-refractivity contribution in [2.24, 2.45) is 11.3 Å². The van der Waals surface area contributed by atoms with Crippen LogP contribution in [0.5, 0.6) is 0 Å². The van der Waals surface area contributed by atoms with Gasteiger partial charge in [0.25, 0.3) is 0 Å². The lowest BCUT2D eigenvalue weighted by atomic mass is 9.81. The van der Waals surface area contributed by atoms with Crippen molar-refractivity contribution in [3.05, 3.63) is 16.6 Å². The molecule has 2 aliphatic rings. The number of thiazole rings is 1. The first kappa shape index (κ1) is 15.3. The van der Waals surface area contributed by atoms with Gasteiger partial charge in [-0.3, -0.25) is 4.79 Å². The van der Waals surface area contributed by atoms with Crippen molar-refractivity contribution < 1.29 is 14.7 Å². The molecule has 0 aromatic carbocycles. The predicted octanol–water partition coefficient (Wildman–Crippen LogP) is 1.97. The molecule has 1 aromatic heterocycles. The van der Waals surface area contributed by atoms with Gasteiger partial charge in [-0.2, -0.15) is 0 Å². The normalized spacial score (nSPS) is 26.9. The van der Waals surface area contributed by atoms with E-state index in [0.29, 0.717) is 26.1 Å². The molecule has 0 unspecified atom stereocenters. The second kappa shape index (κ2) is 6.24. The Morgan fingerprint density at radius 1 is 1.55 bits per heavy atom. The number of amides is 2. The standard InChI is InChI=1S/C15H21N3O3S/c19-13(20)15-5-1-3-11(15)9-18(10-15)14(21)17-6-2-4-12-16-7-8-22-12/h7-8,11H,1-6,9-10H2,(H,17,21)(H,19,20)/t11-,15+/m0/s1. The number of rotatable bonds is 5. The van der Waals surface area contributed by atoms with Crippen LogP contribution in [0.3, 0.4) is 0 Å². The molecule has 0 spiro atoms. The number of carboxylic acids is 1. The van der Waals surface area contributed by atoms with Crippen molar-refractivity contribution in [1.29, 1.82) is 0 Å². The molecule has 7 heteroatoms. The van der Waals surface area contributed by atoms with E-state index >= 15 is 0 Å². The largest absolute Gasteiger partial charge is 0.481 e. The zero-order valence-corrected chi connectivity index (χ0v) is 13.3. The molecule has 1 saturated heterocycles. The van der Waals surface area contributed by atoms with Gasteiger partial charge in [0.05, 0.1) is 10.4 Å². The summed E-state index contributed by atoms with van der Waals surface area (Å²) in [6, 6.07) is -0.130. The van der Waals surface area contributed by atoms with E-state index in [1.54, 1.807) is 22.4 Å². The van der Waals surface area contributed by atoms with Crippen LogP contribution in [0, 0.1) is 11.3 Å². The Hall–Kier alpha value is -1.63. The smallest absolute Gasteiger partial charge is 0.317 e. The number of likely N-dealkylation sites (tertiary alicyclic amines) is 1. The lowest BCUT2D eigenvalue weighted by Gasteiger charge is -2.23. The highest BCUT2D eigenvalue weighted by Gasteiger charge is 2.55. The number of urea groups is 1. The van der Waals surface area contributed by atoms with E-state index in [0.717, 1.165) is 30.7 Å².